The number of hydrogen-bond acceptors (Lipinski definition) is 6. The summed E-state index contributed by atoms with van der Waals surface area (Å²) in [4.78, 5) is 30.1. The molecule has 0 saturated carbocycles. The number of hydrogen-bond donors (Lipinski definition) is 2. The van der Waals surface area contributed by atoms with Gasteiger partial charge in [-0.05, 0) is 49.7 Å². The molecule has 170 valence electrons. The minimum absolute atomic E-state index is 0.280. The predicted molar refractivity (Wildman–Crippen MR) is 128 cm³/mol. The molecule has 3 aromatic heterocycles. The summed E-state index contributed by atoms with van der Waals surface area (Å²) in [5.74, 6) is 1.78. The molecule has 5 heterocycles. The smallest absolute Gasteiger partial charge is 0.328 e. The molecule has 8 nitrogen and oxygen atoms in total. The average molecular weight is 448 g/mol. The van der Waals surface area contributed by atoms with Crippen LogP contribution in [0.3, 0.4) is 0 Å². The number of nitrogens with one attached hydrogen (secondary N) is 2. The Morgan fingerprint density at radius 3 is 2.85 bits per heavy atom. The third kappa shape index (κ3) is 4.57. The molecule has 33 heavy (non-hydrogen) atoms. The van der Waals surface area contributed by atoms with Crippen LogP contribution in [0.25, 0.3) is 11.3 Å². The molecule has 0 spiro atoms. The summed E-state index contributed by atoms with van der Waals surface area (Å²) < 4.78 is 14.3. The number of carbonyl (C=O) groups is 1. The molecular formula is C24H26FN7O. The number of halogens is 1. The summed E-state index contributed by atoms with van der Waals surface area (Å²) in [5, 5.41) is 6.20. The van der Waals surface area contributed by atoms with Gasteiger partial charge in [0.15, 0.2) is 5.82 Å². The van der Waals surface area contributed by atoms with E-state index in [9.17, 15) is 9.18 Å². The quantitative estimate of drug-likeness (QED) is 0.622. The van der Waals surface area contributed by atoms with E-state index in [4.69, 9.17) is 4.98 Å². The number of carbonyl (C=O) groups excluding carboxylic acids is 1. The van der Waals surface area contributed by atoms with E-state index in [1.54, 1.807) is 36.4 Å². The molecule has 0 radical (unpaired) electrons. The van der Waals surface area contributed by atoms with Gasteiger partial charge in [-0.3, -0.25) is 10.2 Å². The van der Waals surface area contributed by atoms with Gasteiger partial charge in [-0.2, -0.15) is 0 Å². The van der Waals surface area contributed by atoms with Crippen LogP contribution in [0.1, 0.15) is 19.8 Å². The molecule has 1 unspecified atom stereocenters. The first kappa shape index (κ1) is 21.1. The first-order valence-electron chi connectivity index (χ1n) is 11.1. The van der Waals surface area contributed by atoms with Crippen molar-refractivity contribution in [1.29, 1.82) is 0 Å². The highest BCUT2D eigenvalue weighted by Crippen LogP contribution is 2.33. The van der Waals surface area contributed by atoms with Crippen molar-refractivity contribution < 1.29 is 9.18 Å². The zero-order valence-electron chi connectivity index (χ0n) is 18.5. The standard InChI is InChI=1S/C24H26FN7O/c1-24(25)9-14-31(16-24)21-15-17(8-12-28-21)18-6-7-19-22(29-18)32(13-4-11-26-19)23(33)30-20-5-2-3-10-27-20/h2-3,5-8,10,12,15,26H,4,9,11,13-14,16H2,1H3,(H,27,30,33). The van der Waals surface area contributed by atoms with Crippen LogP contribution in [0.4, 0.5) is 32.3 Å². The lowest BCUT2D eigenvalue weighted by atomic mass is 10.1. The maximum absolute atomic E-state index is 14.3. The highest BCUT2D eigenvalue weighted by molar-refractivity contribution is 6.02. The van der Waals surface area contributed by atoms with Crippen molar-refractivity contribution in [2.24, 2.45) is 0 Å². The van der Waals surface area contributed by atoms with Crippen molar-refractivity contribution in [3.05, 3.63) is 54.9 Å². The van der Waals surface area contributed by atoms with Crippen LogP contribution in [-0.2, 0) is 0 Å². The second-order valence-electron chi connectivity index (χ2n) is 8.63. The number of aromatic nitrogens is 3. The Labute approximate surface area is 191 Å². The van der Waals surface area contributed by atoms with Crippen molar-refractivity contribution in [3.8, 4) is 11.3 Å². The van der Waals surface area contributed by atoms with E-state index < -0.39 is 5.67 Å². The number of nitrogens with zero attached hydrogens (tertiary/aromatic N) is 5. The Balaban J connectivity index is 1.44. The van der Waals surface area contributed by atoms with Crippen LogP contribution in [-0.4, -0.2) is 52.8 Å². The first-order valence-corrected chi connectivity index (χ1v) is 11.1. The van der Waals surface area contributed by atoms with E-state index in [-0.39, 0.29) is 6.03 Å². The number of pyridine rings is 3. The fourth-order valence-electron chi connectivity index (χ4n) is 4.20. The molecule has 2 aliphatic rings. The van der Waals surface area contributed by atoms with Gasteiger partial charge in [-0.1, -0.05) is 6.07 Å². The van der Waals surface area contributed by atoms with E-state index in [1.807, 2.05) is 35.2 Å². The number of rotatable bonds is 3. The molecule has 1 saturated heterocycles. The van der Waals surface area contributed by atoms with Gasteiger partial charge in [-0.25, -0.2) is 24.1 Å². The van der Waals surface area contributed by atoms with Crippen molar-refractivity contribution in [3.63, 3.8) is 0 Å². The van der Waals surface area contributed by atoms with Gasteiger partial charge in [0.25, 0.3) is 0 Å². The largest absolute Gasteiger partial charge is 0.382 e. The average Bonchev–Trinajstić information content (AvgIpc) is 3.06. The minimum Gasteiger partial charge on any atom is -0.382 e. The first-order chi connectivity index (χ1) is 16.0. The fraction of sp³-hybridized carbons (Fsp3) is 0.333. The van der Waals surface area contributed by atoms with Gasteiger partial charge in [0, 0.05) is 44.0 Å². The zero-order chi connectivity index (χ0) is 22.8. The monoisotopic (exact) mass is 447 g/mol. The van der Waals surface area contributed by atoms with Crippen molar-refractivity contribution in [1.82, 2.24) is 15.0 Å². The number of fused-ring (bicyclic) bond motifs is 1. The fourth-order valence-corrected chi connectivity index (χ4v) is 4.20. The van der Waals surface area contributed by atoms with Crippen LogP contribution in [0, 0.1) is 0 Å². The zero-order valence-corrected chi connectivity index (χ0v) is 18.5. The van der Waals surface area contributed by atoms with E-state index >= 15 is 0 Å². The number of alkyl halides is 1. The molecule has 0 aliphatic carbocycles. The van der Waals surface area contributed by atoms with Crippen LogP contribution in [0.15, 0.2) is 54.9 Å². The Bertz CT molecular complexity index is 1150. The maximum Gasteiger partial charge on any atom is 0.328 e. The Morgan fingerprint density at radius 2 is 2.06 bits per heavy atom. The van der Waals surface area contributed by atoms with Gasteiger partial charge < -0.3 is 10.2 Å². The van der Waals surface area contributed by atoms with E-state index in [1.165, 1.54) is 0 Å². The molecule has 1 fully saturated rings. The SMILES string of the molecule is CC1(F)CCN(c2cc(-c3ccc4c(n3)N(C(=O)Nc3ccccn3)CCCN4)ccn2)C1. The van der Waals surface area contributed by atoms with Crippen LogP contribution in [0.2, 0.25) is 0 Å². The lowest BCUT2D eigenvalue weighted by Crippen LogP contribution is -2.36. The lowest BCUT2D eigenvalue weighted by molar-refractivity contribution is 0.221. The van der Waals surface area contributed by atoms with Gasteiger partial charge >= 0.3 is 6.03 Å². The van der Waals surface area contributed by atoms with Gasteiger partial charge in [0.05, 0.1) is 17.9 Å². The molecule has 3 aromatic rings. The van der Waals surface area contributed by atoms with Crippen molar-refractivity contribution >= 4 is 29.2 Å². The summed E-state index contributed by atoms with van der Waals surface area (Å²) in [6, 6.07) is 12.8. The van der Waals surface area contributed by atoms with E-state index in [2.05, 4.69) is 20.6 Å². The topological polar surface area (TPSA) is 86.3 Å². The molecular weight excluding hydrogens is 421 g/mol. The molecule has 1 atom stereocenters. The number of anilines is 4. The third-order valence-corrected chi connectivity index (χ3v) is 5.94. The highest BCUT2D eigenvalue weighted by Gasteiger charge is 2.34. The molecule has 0 bridgehead atoms. The van der Waals surface area contributed by atoms with Crippen LogP contribution >= 0.6 is 0 Å². The number of urea groups is 1. The summed E-state index contributed by atoms with van der Waals surface area (Å²) in [6.45, 7) is 3.86. The molecule has 5 rings (SSSR count). The molecule has 9 heteroatoms. The van der Waals surface area contributed by atoms with Gasteiger partial charge in [0.2, 0.25) is 0 Å². The normalized spacial score (nSPS) is 20.1. The summed E-state index contributed by atoms with van der Waals surface area (Å²) in [5.41, 5.74) is 1.19. The second kappa shape index (κ2) is 8.65. The maximum atomic E-state index is 14.3. The summed E-state index contributed by atoms with van der Waals surface area (Å²) in [6.07, 6.45) is 4.63. The Morgan fingerprint density at radius 1 is 1.15 bits per heavy atom. The van der Waals surface area contributed by atoms with Gasteiger partial charge in [0.1, 0.15) is 17.3 Å². The predicted octanol–water partition coefficient (Wildman–Crippen LogP) is 4.33. The molecule has 2 amide bonds. The van der Waals surface area contributed by atoms with Crippen molar-refractivity contribution in [2.45, 2.75) is 25.4 Å². The summed E-state index contributed by atoms with van der Waals surface area (Å²) in [7, 11) is 0. The minimum atomic E-state index is -1.20. The van der Waals surface area contributed by atoms with Crippen LogP contribution < -0.4 is 20.4 Å². The second-order valence-corrected chi connectivity index (χ2v) is 8.63. The van der Waals surface area contributed by atoms with E-state index in [0.29, 0.717) is 37.7 Å². The molecule has 0 aromatic carbocycles. The Hall–Kier alpha value is -3.75. The van der Waals surface area contributed by atoms with Gasteiger partial charge in [-0.15, -0.1) is 0 Å². The highest BCUT2D eigenvalue weighted by atomic mass is 19.1. The lowest BCUT2D eigenvalue weighted by Gasteiger charge is -2.22. The number of amides is 2. The Kier molecular flexibility index (Phi) is 5.53. The van der Waals surface area contributed by atoms with Crippen LogP contribution in [0.5, 0.6) is 0 Å². The molecule has 2 N–H and O–H groups in total. The summed E-state index contributed by atoms with van der Waals surface area (Å²) >= 11 is 0. The molecule has 2 aliphatic heterocycles. The van der Waals surface area contributed by atoms with Crippen molar-refractivity contribution in [2.75, 3.05) is 46.6 Å². The third-order valence-electron chi connectivity index (χ3n) is 5.94. The van der Waals surface area contributed by atoms with E-state index in [0.717, 1.165) is 35.7 Å².